The van der Waals surface area contributed by atoms with Crippen molar-refractivity contribution >= 4 is 5.69 Å². The first kappa shape index (κ1) is 13.0. The highest BCUT2D eigenvalue weighted by molar-refractivity contribution is 5.49. The van der Waals surface area contributed by atoms with Gasteiger partial charge in [0, 0.05) is 30.7 Å². The van der Waals surface area contributed by atoms with Crippen LogP contribution in [0.3, 0.4) is 0 Å². The maximum Gasteiger partial charge on any atom is 0.0411 e. The summed E-state index contributed by atoms with van der Waals surface area (Å²) in [6.07, 6.45) is 3.73. The molecule has 1 N–H and O–H groups in total. The van der Waals surface area contributed by atoms with E-state index in [9.17, 15) is 0 Å². The highest BCUT2D eigenvalue weighted by Gasteiger charge is 2.14. The normalized spacial score (nSPS) is 13.2. The SMILES string of the molecule is Cc1cnccc1NC(CN(C)C)C(C)C. The van der Waals surface area contributed by atoms with Crippen molar-refractivity contribution in [2.45, 2.75) is 26.8 Å². The lowest BCUT2D eigenvalue weighted by Gasteiger charge is -2.27. The summed E-state index contributed by atoms with van der Waals surface area (Å²) in [6, 6.07) is 2.51. The molecule has 0 aliphatic carbocycles. The van der Waals surface area contributed by atoms with Gasteiger partial charge in [-0.2, -0.15) is 0 Å². The van der Waals surface area contributed by atoms with Crippen molar-refractivity contribution in [3.8, 4) is 0 Å². The van der Waals surface area contributed by atoms with Crippen molar-refractivity contribution in [3.63, 3.8) is 0 Å². The zero-order chi connectivity index (χ0) is 12.1. The monoisotopic (exact) mass is 221 g/mol. The summed E-state index contributed by atoms with van der Waals surface area (Å²) < 4.78 is 0. The molecule has 1 aromatic heterocycles. The zero-order valence-electron chi connectivity index (χ0n) is 11.0. The van der Waals surface area contributed by atoms with E-state index < -0.39 is 0 Å². The van der Waals surface area contributed by atoms with Crippen LogP contribution < -0.4 is 5.32 Å². The summed E-state index contributed by atoms with van der Waals surface area (Å²) in [7, 11) is 4.22. The molecule has 0 radical (unpaired) electrons. The van der Waals surface area contributed by atoms with E-state index in [1.165, 1.54) is 11.3 Å². The Balaban J connectivity index is 2.72. The summed E-state index contributed by atoms with van der Waals surface area (Å²) in [5.74, 6) is 0.606. The minimum Gasteiger partial charge on any atom is -0.380 e. The Morgan fingerprint density at radius 2 is 2.06 bits per heavy atom. The molecule has 0 aliphatic rings. The molecule has 1 unspecified atom stereocenters. The van der Waals surface area contributed by atoms with Crippen LogP contribution in [0.25, 0.3) is 0 Å². The van der Waals surface area contributed by atoms with E-state index in [1.807, 2.05) is 18.5 Å². The number of nitrogens with zero attached hydrogens (tertiary/aromatic N) is 2. The van der Waals surface area contributed by atoms with Crippen molar-refractivity contribution in [3.05, 3.63) is 24.0 Å². The van der Waals surface area contributed by atoms with Gasteiger partial charge in [0.15, 0.2) is 0 Å². The Morgan fingerprint density at radius 1 is 1.38 bits per heavy atom. The Hall–Kier alpha value is -1.09. The molecule has 1 aromatic rings. The number of nitrogens with one attached hydrogen (secondary N) is 1. The first-order valence-electron chi connectivity index (χ1n) is 5.82. The van der Waals surface area contributed by atoms with Gasteiger partial charge in [0.1, 0.15) is 0 Å². The van der Waals surface area contributed by atoms with Gasteiger partial charge in [0.05, 0.1) is 0 Å². The molecular formula is C13H23N3. The third kappa shape index (κ3) is 3.81. The molecule has 0 amide bonds. The van der Waals surface area contributed by atoms with Gasteiger partial charge in [-0.3, -0.25) is 4.98 Å². The molecule has 0 saturated carbocycles. The summed E-state index contributed by atoms with van der Waals surface area (Å²) in [4.78, 5) is 6.32. The minimum absolute atomic E-state index is 0.469. The number of likely N-dealkylation sites (N-methyl/N-ethyl adjacent to an activating group) is 1. The molecule has 0 fully saturated rings. The number of pyridine rings is 1. The second-order valence-electron chi connectivity index (χ2n) is 4.95. The summed E-state index contributed by atoms with van der Waals surface area (Å²) >= 11 is 0. The molecule has 0 aliphatic heterocycles. The van der Waals surface area contributed by atoms with Crippen molar-refractivity contribution in [2.24, 2.45) is 5.92 Å². The van der Waals surface area contributed by atoms with Gasteiger partial charge in [-0.15, -0.1) is 0 Å². The van der Waals surface area contributed by atoms with Crippen molar-refractivity contribution in [1.29, 1.82) is 0 Å². The Morgan fingerprint density at radius 3 is 2.56 bits per heavy atom. The fraction of sp³-hybridized carbons (Fsp3) is 0.615. The van der Waals surface area contributed by atoms with Crippen molar-refractivity contribution < 1.29 is 0 Å². The van der Waals surface area contributed by atoms with E-state index in [0.717, 1.165) is 6.54 Å². The predicted molar refractivity (Wildman–Crippen MR) is 69.8 cm³/mol. The highest BCUT2D eigenvalue weighted by atomic mass is 15.1. The quantitative estimate of drug-likeness (QED) is 0.827. The van der Waals surface area contributed by atoms with Crippen LogP contribution in [-0.2, 0) is 0 Å². The van der Waals surface area contributed by atoms with Gasteiger partial charge in [0.2, 0.25) is 0 Å². The molecule has 3 heteroatoms. The number of anilines is 1. The third-order valence-corrected chi connectivity index (χ3v) is 2.73. The highest BCUT2D eigenvalue weighted by Crippen LogP contribution is 2.16. The van der Waals surface area contributed by atoms with Crippen LogP contribution in [0.4, 0.5) is 5.69 Å². The van der Waals surface area contributed by atoms with Gasteiger partial charge >= 0.3 is 0 Å². The predicted octanol–water partition coefficient (Wildman–Crippen LogP) is 2.39. The lowest BCUT2D eigenvalue weighted by Crippen LogP contribution is -2.36. The third-order valence-electron chi connectivity index (χ3n) is 2.73. The Kier molecular flexibility index (Phi) is 4.74. The molecule has 0 saturated heterocycles. The number of rotatable bonds is 5. The second-order valence-corrected chi connectivity index (χ2v) is 4.95. The fourth-order valence-corrected chi connectivity index (χ4v) is 1.65. The van der Waals surface area contributed by atoms with E-state index in [0.29, 0.717) is 12.0 Å². The molecule has 0 aromatic carbocycles. The molecular weight excluding hydrogens is 198 g/mol. The van der Waals surface area contributed by atoms with Crippen LogP contribution in [0.2, 0.25) is 0 Å². The molecule has 0 spiro atoms. The molecule has 90 valence electrons. The average Bonchev–Trinajstić information content (AvgIpc) is 2.19. The summed E-state index contributed by atoms with van der Waals surface area (Å²) in [6.45, 7) is 7.62. The second kappa shape index (κ2) is 5.85. The van der Waals surface area contributed by atoms with Crippen LogP contribution in [0, 0.1) is 12.8 Å². The maximum atomic E-state index is 4.11. The number of hydrogen-bond acceptors (Lipinski definition) is 3. The number of aryl methyl sites for hydroxylation is 1. The van der Waals surface area contributed by atoms with E-state index in [-0.39, 0.29) is 0 Å². The van der Waals surface area contributed by atoms with Crippen LogP contribution >= 0.6 is 0 Å². The molecule has 0 bridgehead atoms. The number of hydrogen-bond donors (Lipinski definition) is 1. The molecule has 3 nitrogen and oxygen atoms in total. The van der Waals surface area contributed by atoms with Crippen LogP contribution in [0.5, 0.6) is 0 Å². The minimum atomic E-state index is 0.469. The van der Waals surface area contributed by atoms with Gasteiger partial charge in [0.25, 0.3) is 0 Å². The van der Waals surface area contributed by atoms with Gasteiger partial charge in [-0.05, 0) is 38.6 Å². The van der Waals surface area contributed by atoms with E-state index in [2.05, 4.69) is 50.1 Å². The molecule has 16 heavy (non-hydrogen) atoms. The van der Waals surface area contributed by atoms with Crippen LogP contribution in [0.1, 0.15) is 19.4 Å². The van der Waals surface area contributed by atoms with Crippen LogP contribution in [0.15, 0.2) is 18.5 Å². The largest absolute Gasteiger partial charge is 0.380 e. The first-order chi connectivity index (χ1) is 7.50. The standard InChI is InChI=1S/C13H23N3/c1-10(2)13(9-16(4)5)15-12-6-7-14-8-11(12)3/h6-8,10,13H,9H2,1-5H3,(H,14,15). The smallest absolute Gasteiger partial charge is 0.0411 e. The van der Waals surface area contributed by atoms with E-state index >= 15 is 0 Å². The molecule has 1 rings (SSSR count). The Bertz CT molecular complexity index is 321. The maximum absolute atomic E-state index is 4.11. The number of aromatic nitrogens is 1. The average molecular weight is 221 g/mol. The lowest BCUT2D eigenvalue weighted by molar-refractivity contribution is 0.344. The van der Waals surface area contributed by atoms with Crippen molar-refractivity contribution in [1.82, 2.24) is 9.88 Å². The Labute approximate surface area is 98.9 Å². The molecule has 1 atom stereocenters. The topological polar surface area (TPSA) is 28.2 Å². The lowest BCUT2D eigenvalue weighted by atomic mass is 10.0. The van der Waals surface area contributed by atoms with Gasteiger partial charge in [-0.1, -0.05) is 13.8 Å². The van der Waals surface area contributed by atoms with Crippen molar-refractivity contribution in [2.75, 3.05) is 26.0 Å². The van der Waals surface area contributed by atoms with E-state index in [4.69, 9.17) is 0 Å². The zero-order valence-corrected chi connectivity index (χ0v) is 11.0. The fourth-order valence-electron chi connectivity index (χ4n) is 1.65. The summed E-state index contributed by atoms with van der Waals surface area (Å²) in [5.41, 5.74) is 2.39. The van der Waals surface area contributed by atoms with Crippen LogP contribution in [-0.4, -0.2) is 36.6 Å². The van der Waals surface area contributed by atoms with Gasteiger partial charge in [-0.25, -0.2) is 0 Å². The summed E-state index contributed by atoms with van der Waals surface area (Å²) in [5, 5.41) is 3.60. The van der Waals surface area contributed by atoms with Gasteiger partial charge < -0.3 is 10.2 Å². The first-order valence-corrected chi connectivity index (χ1v) is 5.82. The molecule has 1 heterocycles. The van der Waals surface area contributed by atoms with E-state index in [1.54, 1.807) is 0 Å².